The number of β-amino-alcohol motifs (C(OH)–C–C–N with tert-alkyl or cyclic N) is 1. The number of hydrogen-bond donors (Lipinski definition) is 1. The number of carbonyl (C=O) groups is 1. The van der Waals surface area contributed by atoms with E-state index in [1.54, 1.807) is 0 Å². The number of benzene rings is 1. The van der Waals surface area contributed by atoms with Gasteiger partial charge in [0, 0.05) is 22.2 Å². The fourth-order valence-corrected chi connectivity index (χ4v) is 2.46. The van der Waals surface area contributed by atoms with Gasteiger partial charge in [-0.05, 0) is 48.1 Å². The summed E-state index contributed by atoms with van der Waals surface area (Å²) in [5.74, 6) is 0.124. The summed E-state index contributed by atoms with van der Waals surface area (Å²) in [4.78, 5) is 14.0. The van der Waals surface area contributed by atoms with E-state index in [1.165, 1.54) is 0 Å². The zero-order valence-corrected chi connectivity index (χ0v) is 12.0. The van der Waals surface area contributed by atoms with Gasteiger partial charge in [0.1, 0.15) is 0 Å². The van der Waals surface area contributed by atoms with Crippen LogP contribution in [0.25, 0.3) is 0 Å². The molecule has 1 atom stereocenters. The largest absolute Gasteiger partial charge is 0.389 e. The predicted octanol–water partition coefficient (Wildman–Crippen LogP) is 1.93. The standard InChI is InChI=1S/C13H16INO2/c1-13(17)6-7-15(9-13)8-12(16)10-2-4-11(14)5-3-10/h2-5,17H,6-9H2,1H3. The highest BCUT2D eigenvalue weighted by Crippen LogP contribution is 2.20. The van der Waals surface area contributed by atoms with Crippen molar-refractivity contribution in [2.75, 3.05) is 19.6 Å². The van der Waals surface area contributed by atoms with Crippen molar-refractivity contribution in [1.29, 1.82) is 0 Å². The molecule has 4 heteroatoms. The van der Waals surface area contributed by atoms with Gasteiger partial charge in [-0.2, -0.15) is 0 Å². The highest BCUT2D eigenvalue weighted by atomic mass is 127. The fraction of sp³-hybridized carbons (Fsp3) is 0.462. The van der Waals surface area contributed by atoms with Crippen LogP contribution in [0.2, 0.25) is 0 Å². The lowest BCUT2D eigenvalue weighted by Gasteiger charge is -2.18. The highest BCUT2D eigenvalue weighted by molar-refractivity contribution is 14.1. The number of hydrogen-bond acceptors (Lipinski definition) is 3. The van der Waals surface area contributed by atoms with Crippen LogP contribution < -0.4 is 0 Å². The molecule has 0 amide bonds. The van der Waals surface area contributed by atoms with Gasteiger partial charge in [-0.15, -0.1) is 0 Å². The third kappa shape index (κ3) is 3.50. The van der Waals surface area contributed by atoms with E-state index >= 15 is 0 Å². The van der Waals surface area contributed by atoms with Crippen LogP contribution in [0.1, 0.15) is 23.7 Å². The Hall–Kier alpha value is -0.460. The molecule has 1 aromatic carbocycles. The van der Waals surface area contributed by atoms with Crippen molar-refractivity contribution in [2.24, 2.45) is 0 Å². The van der Waals surface area contributed by atoms with E-state index in [2.05, 4.69) is 22.6 Å². The molecule has 1 heterocycles. The van der Waals surface area contributed by atoms with Crippen molar-refractivity contribution in [3.8, 4) is 0 Å². The summed E-state index contributed by atoms with van der Waals surface area (Å²) >= 11 is 2.22. The van der Waals surface area contributed by atoms with Crippen molar-refractivity contribution < 1.29 is 9.90 Å². The molecule has 2 rings (SSSR count). The SMILES string of the molecule is CC1(O)CCN(CC(=O)c2ccc(I)cc2)C1. The van der Waals surface area contributed by atoms with E-state index in [1.807, 2.05) is 36.1 Å². The average Bonchev–Trinajstić information content (AvgIpc) is 2.59. The quantitative estimate of drug-likeness (QED) is 0.672. The molecule has 1 N–H and O–H groups in total. The van der Waals surface area contributed by atoms with Crippen LogP contribution in [-0.4, -0.2) is 41.0 Å². The Kier molecular flexibility index (Phi) is 3.85. The van der Waals surface area contributed by atoms with Crippen LogP contribution in [0, 0.1) is 3.57 Å². The molecular formula is C13H16INO2. The molecule has 1 unspecified atom stereocenters. The second-order valence-corrected chi connectivity index (χ2v) is 6.13. The third-order valence-electron chi connectivity index (χ3n) is 3.06. The molecule has 1 aliphatic rings. The van der Waals surface area contributed by atoms with E-state index in [0.717, 1.165) is 22.1 Å². The lowest BCUT2D eigenvalue weighted by atomic mass is 10.1. The summed E-state index contributed by atoms with van der Waals surface area (Å²) in [6.07, 6.45) is 0.743. The van der Waals surface area contributed by atoms with Crippen LogP contribution in [0.4, 0.5) is 0 Å². The lowest BCUT2D eigenvalue weighted by Crippen LogP contribution is -2.33. The van der Waals surface area contributed by atoms with Crippen molar-refractivity contribution in [3.63, 3.8) is 0 Å². The maximum absolute atomic E-state index is 12.0. The van der Waals surface area contributed by atoms with E-state index in [-0.39, 0.29) is 5.78 Å². The van der Waals surface area contributed by atoms with Crippen LogP contribution in [0.15, 0.2) is 24.3 Å². The molecule has 0 saturated carbocycles. The van der Waals surface area contributed by atoms with Crippen molar-refractivity contribution in [1.82, 2.24) is 4.90 Å². The Labute approximate surface area is 115 Å². The molecule has 0 bridgehead atoms. The minimum atomic E-state index is -0.633. The summed E-state index contributed by atoms with van der Waals surface area (Å²) in [6.45, 7) is 3.60. The molecule has 0 radical (unpaired) electrons. The maximum atomic E-state index is 12.0. The second kappa shape index (κ2) is 5.04. The third-order valence-corrected chi connectivity index (χ3v) is 3.78. The first kappa shape index (κ1) is 13.0. The number of ketones is 1. The average molecular weight is 345 g/mol. The zero-order valence-electron chi connectivity index (χ0n) is 9.82. The minimum Gasteiger partial charge on any atom is -0.389 e. The van der Waals surface area contributed by atoms with Gasteiger partial charge < -0.3 is 5.11 Å². The molecule has 0 spiro atoms. The summed E-state index contributed by atoms with van der Waals surface area (Å²) < 4.78 is 1.13. The fourth-order valence-electron chi connectivity index (χ4n) is 2.10. The van der Waals surface area contributed by atoms with Crippen LogP contribution in [0.5, 0.6) is 0 Å². The number of rotatable bonds is 3. The summed E-state index contributed by atoms with van der Waals surface area (Å²) in [6, 6.07) is 7.60. The van der Waals surface area contributed by atoms with Gasteiger partial charge in [-0.3, -0.25) is 9.69 Å². The normalized spacial score (nSPS) is 25.1. The predicted molar refractivity (Wildman–Crippen MR) is 75.2 cm³/mol. The topological polar surface area (TPSA) is 40.5 Å². The minimum absolute atomic E-state index is 0.124. The van der Waals surface area contributed by atoms with Gasteiger partial charge in [0.05, 0.1) is 12.1 Å². The van der Waals surface area contributed by atoms with Crippen molar-refractivity contribution in [3.05, 3.63) is 33.4 Å². The number of aliphatic hydroxyl groups is 1. The smallest absolute Gasteiger partial charge is 0.176 e. The lowest BCUT2D eigenvalue weighted by molar-refractivity contribution is 0.0669. The monoisotopic (exact) mass is 345 g/mol. The summed E-state index contributed by atoms with van der Waals surface area (Å²) in [5.41, 5.74) is 0.115. The van der Waals surface area contributed by atoms with Gasteiger partial charge in [-0.1, -0.05) is 12.1 Å². The summed E-state index contributed by atoms with van der Waals surface area (Å²) in [7, 11) is 0. The van der Waals surface area contributed by atoms with Gasteiger partial charge >= 0.3 is 0 Å². The first-order chi connectivity index (χ1) is 7.96. The van der Waals surface area contributed by atoms with Crippen LogP contribution in [-0.2, 0) is 0 Å². The van der Waals surface area contributed by atoms with Gasteiger partial charge in [0.15, 0.2) is 5.78 Å². The Balaban J connectivity index is 1.96. The maximum Gasteiger partial charge on any atom is 0.176 e. The Morgan fingerprint density at radius 1 is 1.47 bits per heavy atom. The van der Waals surface area contributed by atoms with E-state index < -0.39 is 5.60 Å². The van der Waals surface area contributed by atoms with E-state index in [4.69, 9.17) is 0 Å². The molecule has 1 fully saturated rings. The number of nitrogens with zero attached hydrogens (tertiary/aromatic N) is 1. The first-order valence-electron chi connectivity index (χ1n) is 5.70. The van der Waals surface area contributed by atoms with Crippen LogP contribution in [0.3, 0.4) is 0 Å². The zero-order chi connectivity index (χ0) is 12.5. The van der Waals surface area contributed by atoms with Gasteiger partial charge in [0.25, 0.3) is 0 Å². The number of Topliss-reactive ketones (excluding diaryl/α,β-unsaturated/α-hetero) is 1. The molecular weight excluding hydrogens is 329 g/mol. The Morgan fingerprint density at radius 3 is 2.65 bits per heavy atom. The number of carbonyl (C=O) groups excluding carboxylic acids is 1. The molecule has 0 aliphatic carbocycles. The van der Waals surface area contributed by atoms with Crippen molar-refractivity contribution >= 4 is 28.4 Å². The Bertz CT molecular complexity index is 414. The Morgan fingerprint density at radius 2 is 2.12 bits per heavy atom. The molecule has 92 valence electrons. The second-order valence-electron chi connectivity index (χ2n) is 4.89. The molecule has 17 heavy (non-hydrogen) atoms. The van der Waals surface area contributed by atoms with Crippen LogP contribution >= 0.6 is 22.6 Å². The summed E-state index contributed by atoms with van der Waals surface area (Å²) in [5, 5.41) is 9.83. The molecule has 1 saturated heterocycles. The number of halogens is 1. The van der Waals surface area contributed by atoms with Gasteiger partial charge in [-0.25, -0.2) is 0 Å². The van der Waals surface area contributed by atoms with E-state index in [9.17, 15) is 9.90 Å². The molecule has 3 nitrogen and oxygen atoms in total. The van der Waals surface area contributed by atoms with E-state index in [0.29, 0.717) is 13.1 Å². The molecule has 1 aliphatic heterocycles. The molecule has 1 aromatic rings. The first-order valence-corrected chi connectivity index (χ1v) is 6.78. The number of likely N-dealkylation sites (tertiary alicyclic amines) is 1. The van der Waals surface area contributed by atoms with Gasteiger partial charge in [0.2, 0.25) is 0 Å². The van der Waals surface area contributed by atoms with Crippen molar-refractivity contribution in [2.45, 2.75) is 18.9 Å². The molecule has 0 aromatic heterocycles. The highest BCUT2D eigenvalue weighted by Gasteiger charge is 2.32.